The Morgan fingerprint density at radius 2 is 1.91 bits per heavy atom. The second-order valence-corrected chi connectivity index (χ2v) is 5.87. The van der Waals surface area contributed by atoms with Crippen molar-refractivity contribution in [2.24, 2.45) is 5.16 Å². The van der Waals surface area contributed by atoms with Gasteiger partial charge in [-0.15, -0.1) is 0 Å². The van der Waals surface area contributed by atoms with E-state index in [0.29, 0.717) is 4.73 Å². The summed E-state index contributed by atoms with van der Waals surface area (Å²) in [5.41, 5.74) is -0.926. The Bertz CT molecular complexity index is 734. The number of aromatic hydroxyl groups is 2. The van der Waals surface area contributed by atoms with Gasteiger partial charge < -0.3 is 20.3 Å². The van der Waals surface area contributed by atoms with Crippen molar-refractivity contribution in [3.8, 4) is 11.5 Å². The van der Waals surface area contributed by atoms with Crippen LogP contribution >= 0.6 is 0 Å². The first kappa shape index (κ1) is 16.5. The van der Waals surface area contributed by atoms with Crippen molar-refractivity contribution < 1.29 is 24.2 Å². The molecule has 0 aliphatic heterocycles. The summed E-state index contributed by atoms with van der Waals surface area (Å²) in [6.45, 7) is 5.23. The van der Waals surface area contributed by atoms with Gasteiger partial charge in [0.1, 0.15) is 17.2 Å². The van der Waals surface area contributed by atoms with E-state index in [2.05, 4.69) is 5.16 Å². The van der Waals surface area contributed by atoms with E-state index in [9.17, 15) is 19.8 Å². The second kappa shape index (κ2) is 6.12. The van der Waals surface area contributed by atoms with Gasteiger partial charge in [-0.05, 0) is 39.0 Å². The van der Waals surface area contributed by atoms with Crippen LogP contribution in [0.3, 0.4) is 0 Å². The van der Waals surface area contributed by atoms with Gasteiger partial charge in [-0.2, -0.15) is 4.73 Å². The molecule has 0 unspecified atom stereocenters. The van der Waals surface area contributed by atoms with E-state index in [-0.39, 0.29) is 22.7 Å². The number of rotatable bonds is 3. The van der Waals surface area contributed by atoms with Crippen LogP contribution in [-0.4, -0.2) is 21.5 Å². The lowest BCUT2D eigenvalue weighted by Crippen LogP contribution is -2.35. The van der Waals surface area contributed by atoms with Crippen LogP contribution in [-0.2, 0) is 4.84 Å². The van der Waals surface area contributed by atoms with Gasteiger partial charge in [-0.3, -0.25) is 0 Å². The van der Waals surface area contributed by atoms with Crippen molar-refractivity contribution in [1.82, 2.24) is 0 Å². The molecular formula is C16H17FN2O4. The van der Waals surface area contributed by atoms with Crippen LogP contribution in [0.1, 0.15) is 32.0 Å². The van der Waals surface area contributed by atoms with Crippen LogP contribution in [0.4, 0.5) is 4.39 Å². The normalized spacial score (nSPS) is 12.3. The highest BCUT2D eigenvalue weighted by molar-refractivity contribution is 6.13. The predicted molar refractivity (Wildman–Crippen MR) is 81.6 cm³/mol. The number of nitrogens with zero attached hydrogens (tertiary/aromatic N) is 2. The fraction of sp³-hybridized carbons (Fsp3) is 0.250. The van der Waals surface area contributed by atoms with Crippen molar-refractivity contribution in [1.29, 1.82) is 0 Å². The zero-order valence-electron chi connectivity index (χ0n) is 12.9. The molecule has 0 saturated carbocycles. The first-order valence-corrected chi connectivity index (χ1v) is 6.85. The molecule has 23 heavy (non-hydrogen) atoms. The number of oxime groups is 1. The lowest BCUT2D eigenvalue weighted by atomic mass is 10.0. The standard InChI is InChI=1S/C16H17FN2O4/c1-16(2,3)23-18-14(11-7-6-10(17)9-13(11)21)15-12(20)5-4-8-19(15)22/h4-9,20-21H,1-3H3. The number of hydrogen-bond acceptors (Lipinski definition) is 5. The molecule has 0 spiro atoms. The Kier molecular flexibility index (Phi) is 4.40. The van der Waals surface area contributed by atoms with Gasteiger partial charge in [-0.25, -0.2) is 4.39 Å². The molecule has 2 N–H and O–H groups in total. The molecule has 0 bridgehead atoms. The number of phenols is 1. The number of halogens is 1. The Hall–Kier alpha value is -2.83. The Labute approximate surface area is 132 Å². The largest absolute Gasteiger partial charge is 0.618 e. The number of phenolic OH excluding ortho intramolecular Hbond substituents is 1. The maximum atomic E-state index is 13.2. The van der Waals surface area contributed by atoms with Gasteiger partial charge in [0.15, 0.2) is 17.7 Å². The third-order valence-electron chi connectivity index (χ3n) is 2.79. The minimum Gasteiger partial charge on any atom is -0.618 e. The van der Waals surface area contributed by atoms with E-state index in [1.807, 2.05) is 0 Å². The summed E-state index contributed by atoms with van der Waals surface area (Å²) < 4.78 is 13.6. The van der Waals surface area contributed by atoms with E-state index in [4.69, 9.17) is 4.84 Å². The van der Waals surface area contributed by atoms with E-state index in [1.165, 1.54) is 24.4 Å². The molecular weight excluding hydrogens is 303 g/mol. The van der Waals surface area contributed by atoms with Gasteiger partial charge >= 0.3 is 0 Å². The summed E-state index contributed by atoms with van der Waals surface area (Å²) >= 11 is 0. The molecule has 0 amide bonds. The first-order valence-electron chi connectivity index (χ1n) is 6.85. The SMILES string of the molecule is CC(C)(C)ON=C(c1ccc(F)cc1O)c1c(O)ccc[n+]1[O-]. The Morgan fingerprint density at radius 3 is 2.48 bits per heavy atom. The highest BCUT2D eigenvalue weighted by Crippen LogP contribution is 2.25. The summed E-state index contributed by atoms with van der Waals surface area (Å²) in [5, 5.41) is 35.9. The van der Waals surface area contributed by atoms with Gasteiger partial charge in [0, 0.05) is 12.1 Å². The molecule has 1 aromatic carbocycles. The minimum absolute atomic E-state index is 0.0572. The molecule has 6 nitrogen and oxygen atoms in total. The summed E-state index contributed by atoms with van der Waals surface area (Å²) in [4.78, 5) is 5.32. The van der Waals surface area contributed by atoms with Gasteiger partial charge in [-0.1, -0.05) is 5.16 Å². The van der Waals surface area contributed by atoms with Crippen LogP contribution in [0.5, 0.6) is 11.5 Å². The number of aromatic nitrogens is 1. The minimum atomic E-state index is -0.668. The lowest BCUT2D eigenvalue weighted by Gasteiger charge is -2.17. The van der Waals surface area contributed by atoms with Crippen molar-refractivity contribution in [3.05, 3.63) is 58.8 Å². The molecule has 2 rings (SSSR count). The molecule has 7 heteroatoms. The fourth-order valence-electron chi connectivity index (χ4n) is 1.81. The predicted octanol–water partition coefficient (Wildman–Crippen LogP) is 2.44. The average molecular weight is 320 g/mol. The third kappa shape index (κ3) is 3.88. The number of benzene rings is 1. The summed E-state index contributed by atoms with van der Waals surface area (Å²) in [5.74, 6) is -1.42. The molecule has 1 aromatic heterocycles. The second-order valence-electron chi connectivity index (χ2n) is 5.87. The molecule has 0 aliphatic carbocycles. The Morgan fingerprint density at radius 1 is 1.22 bits per heavy atom. The maximum Gasteiger partial charge on any atom is 0.288 e. The van der Waals surface area contributed by atoms with E-state index in [1.54, 1.807) is 20.8 Å². The van der Waals surface area contributed by atoms with Crippen LogP contribution in [0.15, 0.2) is 41.7 Å². The lowest BCUT2D eigenvalue weighted by molar-refractivity contribution is -0.607. The quantitative estimate of drug-likeness (QED) is 0.393. The van der Waals surface area contributed by atoms with Crippen LogP contribution in [0, 0.1) is 11.0 Å². The van der Waals surface area contributed by atoms with Crippen molar-refractivity contribution in [2.75, 3.05) is 0 Å². The maximum absolute atomic E-state index is 13.2. The summed E-state index contributed by atoms with van der Waals surface area (Å²) in [7, 11) is 0. The van der Waals surface area contributed by atoms with Crippen LogP contribution in [0.25, 0.3) is 0 Å². The average Bonchev–Trinajstić information content (AvgIpc) is 2.42. The highest BCUT2D eigenvalue weighted by Gasteiger charge is 2.26. The molecule has 0 atom stereocenters. The zero-order valence-corrected chi connectivity index (χ0v) is 12.9. The third-order valence-corrected chi connectivity index (χ3v) is 2.79. The van der Waals surface area contributed by atoms with Crippen molar-refractivity contribution >= 4 is 5.71 Å². The molecule has 0 saturated heterocycles. The Balaban J connectivity index is 2.66. The molecule has 0 radical (unpaired) electrons. The molecule has 2 aromatic rings. The highest BCUT2D eigenvalue weighted by atomic mass is 19.1. The summed E-state index contributed by atoms with van der Waals surface area (Å²) in [6.07, 6.45) is 1.17. The van der Waals surface area contributed by atoms with E-state index in [0.717, 1.165) is 12.1 Å². The summed E-state index contributed by atoms with van der Waals surface area (Å²) in [6, 6.07) is 5.91. The molecule has 0 aliphatic rings. The van der Waals surface area contributed by atoms with Crippen LogP contribution < -0.4 is 4.73 Å². The van der Waals surface area contributed by atoms with E-state index < -0.39 is 17.2 Å². The van der Waals surface area contributed by atoms with Crippen molar-refractivity contribution in [3.63, 3.8) is 0 Å². The van der Waals surface area contributed by atoms with Gasteiger partial charge in [0.25, 0.3) is 5.69 Å². The van der Waals surface area contributed by atoms with Crippen LogP contribution in [0.2, 0.25) is 0 Å². The number of pyridine rings is 1. The molecule has 0 fully saturated rings. The first-order chi connectivity index (χ1) is 10.7. The smallest absolute Gasteiger partial charge is 0.288 e. The molecule has 122 valence electrons. The topological polar surface area (TPSA) is 89.0 Å². The zero-order chi connectivity index (χ0) is 17.2. The monoisotopic (exact) mass is 320 g/mol. The number of hydrogen-bond donors (Lipinski definition) is 2. The molecule has 1 heterocycles. The fourth-order valence-corrected chi connectivity index (χ4v) is 1.81. The van der Waals surface area contributed by atoms with Crippen molar-refractivity contribution in [2.45, 2.75) is 26.4 Å². The van der Waals surface area contributed by atoms with Gasteiger partial charge in [0.2, 0.25) is 0 Å². The van der Waals surface area contributed by atoms with E-state index >= 15 is 0 Å². The van der Waals surface area contributed by atoms with Gasteiger partial charge in [0.05, 0.1) is 5.56 Å².